The van der Waals surface area contributed by atoms with Crippen LogP contribution in [-0.2, 0) is 6.54 Å². The molecule has 0 radical (unpaired) electrons. The van der Waals surface area contributed by atoms with Crippen molar-refractivity contribution in [3.63, 3.8) is 0 Å². The van der Waals surface area contributed by atoms with Crippen LogP contribution >= 0.6 is 39.9 Å². The molecule has 0 heterocycles. The van der Waals surface area contributed by atoms with Crippen LogP contribution in [0.1, 0.15) is 21.5 Å². The molecule has 1 amide bonds. The van der Waals surface area contributed by atoms with Crippen LogP contribution in [0, 0.1) is 6.92 Å². The summed E-state index contributed by atoms with van der Waals surface area (Å²) in [5.41, 5.74) is 3.08. The van der Waals surface area contributed by atoms with E-state index in [0.717, 1.165) is 4.47 Å². The number of aryl methyl sites for hydroxylation is 1. The van der Waals surface area contributed by atoms with Crippen molar-refractivity contribution < 1.29 is 4.79 Å². The Morgan fingerprint density at radius 3 is 2.38 bits per heavy atom. The molecule has 0 aromatic heterocycles. The van der Waals surface area contributed by atoms with Gasteiger partial charge in [0.2, 0.25) is 0 Å². The molecule has 3 N–H and O–H groups in total. The van der Waals surface area contributed by atoms with E-state index in [1.165, 1.54) is 11.1 Å². The predicted molar refractivity (Wildman–Crippen MR) is 121 cm³/mol. The fourth-order valence-electron chi connectivity index (χ4n) is 2.29. The first kappa shape index (κ1) is 22.4. The van der Waals surface area contributed by atoms with Gasteiger partial charge in [-0.25, -0.2) is 0 Å². The van der Waals surface area contributed by atoms with E-state index < -0.39 is 0 Å². The van der Waals surface area contributed by atoms with E-state index in [-0.39, 0.29) is 29.9 Å². The average molecular weight is 531 g/mol. The first-order valence-electron chi connectivity index (χ1n) is 8.12. The highest BCUT2D eigenvalue weighted by Crippen LogP contribution is 2.10. The molecule has 0 atom stereocenters. The van der Waals surface area contributed by atoms with E-state index in [1.807, 2.05) is 18.2 Å². The Labute approximate surface area is 180 Å². The molecule has 26 heavy (non-hydrogen) atoms. The maximum Gasteiger partial charge on any atom is 0.251 e. The molecule has 0 spiro atoms. The maximum atomic E-state index is 12.0. The van der Waals surface area contributed by atoms with E-state index >= 15 is 0 Å². The largest absolute Gasteiger partial charge is 0.355 e. The van der Waals surface area contributed by atoms with Gasteiger partial charge in [-0.3, -0.25) is 9.79 Å². The zero-order chi connectivity index (χ0) is 18.1. The topological polar surface area (TPSA) is 65.5 Å². The molecule has 0 saturated carbocycles. The number of nitrogens with one attached hydrogen (secondary N) is 3. The molecule has 2 aromatic rings. The van der Waals surface area contributed by atoms with E-state index in [9.17, 15) is 4.79 Å². The summed E-state index contributed by atoms with van der Waals surface area (Å²) in [6.45, 7) is 3.88. The summed E-state index contributed by atoms with van der Waals surface area (Å²) >= 11 is 3.36. The molecule has 0 aliphatic heterocycles. The van der Waals surface area contributed by atoms with Gasteiger partial charge in [-0.05, 0) is 36.8 Å². The molecule has 0 fully saturated rings. The van der Waals surface area contributed by atoms with Gasteiger partial charge in [0, 0.05) is 36.7 Å². The van der Waals surface area contributed by atoms with Crippen molar-refractivity contribution in [2.24, 2.45) is 4.99 Å². The van der Waals surface area contributed by atoms with Gasteiger partial charge in [0.15, 0.2) is 5.96 Å². The monoisotopic (exact) mass is 530 g/mol. The number of guanidine groups is 1. The number of amides is 1. The summed E-state index contributed by atoms with van der Waals surface area (Å²) < 4.78 is 0.953. The predicted octanol–water partition coefficient (Wildman–Crippen LogP) is 3.47. The molecule has 0 bridgehead atoms. The number of carbonyl (C=O) groups excluding carboxylic acids is 1. The third kappa shape index (κ3) is 7.74. The molecular weight excluding hydrogens is 507 g/mol. The summed E-state index contributed by atoms with van der Waals surface area (Å²) in [4.78, 5) is 16.2. The number of carbonyl (C=O) groups is 1. The van der Waals surface area contributed by atoms with E-state index in [1.54, 1.807) is 19.2 Å². The van der Waals surface area contributed by atoms with Crippen molar-refractivity contribution in [3.05, 3.63) is 69.7 Å². The van der Waals surface area contributed by atoms with Crippen LogP contribution in [0.3, 0.4) is 0 Å². The Morgan fingerprint density at radius 1 is 1.04 bits per heavy atom. The van der Waals surface area contributed by atoms with Gasteiger partial charge >= 0.3 is 0 Å². The molecule has 0 aliphatic rings. The lowest BCUT2D eigenvalue weighted by molar-refractivity contribution is 0.0954. The fraction of sp³-hybridized carbons (Fsp3) is 0.263. The van der Waals surface area contributed by atoms with Crippen molar-refractivity contribution in [1.82, 2.24) is 16.0 Å². The highest BCUT2D eigenvalue weighted by atomic mass is 127. The molecule has 7 heteroatoms. The molecule has 0 aliphatic carbocycles. The summed E-state index contributed by atoms with van der Waals surface area (Å²) in [7, 11) is 1.73. The van der Waals surface area contributed by atoms with Crippen LogP contribution in [0.5, 0.6) is 0 Å². The third-order valence-corrected chi connectivity index (χ3v) is 4.10. The van der Waals surface area contributed by atoms with Gasteiger partial charge in [0.05, 0.1) is 0 Å². The number of rotatable bonds is 6. The Kier molecular flexibility index (Phi) is 10.3. The van der Waals surface area contributed by atoms with Gasteiger partial charge in [0.1, 0.15) is 0 Å². The zero-order valence-electron chi connectivity index (χ0n) is 14.9. The number of hydrogen-bond acceptors (Lipinski definition) is 2. The Bertz CT molecular complexity index is 735. The number of halogens is 2. The highest BCUT2D eigenvalue weighted by molar-refractivity contribution is 14.0. The van der Waals surface area contributed by atoms with E-state index in [2.05, 4.69) is 62.0 Å². The van der Waals surface area contributed by atoms with Crippen molar-refractivity contribution in [2.45, 2.75) is 13.5 Å². The lowest BCUT2D eigenvalue weighted by Gasteiger charge is -2.12. The molecule has 140 valence electrons. The Morgan fingerprint density at radius 2 is 1.73 bits per heavy atom. The maximum absolute atomic E-state index is 12.0. The smallest absolute Gasteiger partial charge is 0.251 e. The Balaban J connectivity index is 0.00000338. The SMILES string of the molecule is CN=C(NCCNC(=O)c1ccc(Br)cc1)NCc1cccc(C)c1.I. The van der Waals surface area contributed by atoms with Crippen LogP contribution < -0.4 is 16.0 Å². The second kappa shape index (κ2) is 11.9. The van der Waals surface area contributed by atoms with Gasteiger partial charge < -0.3 is 16.0 Å². The zero-order valence-corrected chi connectivity index (χ0v) is 18.8. The fourth-order valence-corrected chi connectivity index (χ4v) is 2.55. The second-order valence-corrected chi connectivity index (χ2v) is 6.52. The van der Waals surface area contributed by atoms with Crippen molar-refractivity contribution >= 4 is 51.8 Å². The normalized spacial score (nSPS) is 10.7. The van der Waals surface area contributed by atoms with Gasteiger partial charge in [0.25, 0.3) is 5.91 Å². The van der Waals surface area contributed by atoms with Crippen LogP contribution in [0.25, 0.3) is 0 Å². The summed E-state index contributed by atoms with van der Waals surface area (Å²) in [6, 6.07) is 15.6. The third-order valence-electron chi connectivity index (χ3n) is 3.58. The quantitative estimate of drug-likeness (QED) is 0.232. The lowest BCUT2D eigenvalue weighted by atomic mass is 10.1. The number of nitrogens with zero attached hydrogens (tertiary/aromatic N) is 1. The lowest BCUT2D eigenvalue weighted by Crippen LogP contribution is -2.41. The van der Waals surface area contributed by atoms with Crippen molar-refractivity contribution in [3.8, 4) is 0 Å². The Hall–Kier alpha value is -1.61. The van der Waals surface area contributed by atoms with E-state index in [4.69, 9.17) is 0 Å². The first-order valence-corrected chi connectivity index (χ1v) is 8.91. The molecule has 5 nitrogen and oxygen atoms in total. The van der Waals surface area contributed by atoms with Gasteiger partial charge in [-0.2, -0.15) is 0 Å². The minimum Gasteiger partial charge on any atom is -0.355 e. The van der Waals surface area contributed by atoms with Crippen LogP contribution in [0.2, 0.25) is 0 Å². The molecule has 2 rings (SSSR count). The van der Waals surface area contributed by atoms with Crippen LogP contribution in [-0.4, -0.2) is 32.0 Å². The summed E-state index contributed by atoms with van der Waals surface area (Å²) in [5, 5.41) is 9.33. The summed E-state index contributed by atoms with van der Waals surface area (Å²) in [6.07, 6.45) is 0. The number of hydrogen-bond donors (Lipinski definition) is 3. The first-order chi connectivity index (χ1) is 12.1. The minimum atomic E-state index is -0.0861. The number of benzene rings is 2. The van der Waals surface area contributed by atoms with Gasteiger partial charge in [-0.1, -0.05) is 45.8 Å². The van der Waals surface area contributed by atoms with Crippen LogP contribution in [0.15, 0.2) is 58.0 Å². The molecule has 0 unspecified atom stereocenters. The molecule has 2 aromatic carbocycles. The standard InChI is InChI=1S/C19H23BrN4O.HI/c1-14-4-3-5-15(12-14)13-24-19(21-2)23-11-10-22-18(25)16-6-8-17(20)9-7-16;/h3-9,12H,10-11,13H2,1-2H3,(H,22,25)(H2,21,23,24);1H. The summed E-state index contributed by atoms with van der Waals surface area (Å²) in [5.74, 6) is 0.622. The highest BCUT2D eigenvalue weighted by Gasteiger charge is 2.04. The van der Waals surface area contributed by atoms with Gasteiger partial charge in [-0.15, -0.1) is 24.0 Å². The molecular formula is C19H24BrIN4O. The average Bonchev–Trinajstić information content (AvgIpc) is 2.61. The molecule has 0 saturated heterocycles. The second-order valence-electron chi connectivity index (χ2n) is 5.60. The van der Waals surface area contributed by atoms with Crippen molar-refractivity contribution in [1.29, 1.82) is 0 Å². The van der Waals surface area contributed by atoms with Crippen LogP contribution in [0.4, 0.5) is 0 Å². The van der Waals surface area contributed by atoms with Crippen molar-refractivity contribution in [2.75, 3.05) is 20.1 Å². The number of aliphatic imine (C=N–C) groups is 1. The minimum absolute atomic E-state index is 0. The van der Waals surface area contributed by atoms with E-state index in [0.29, 0.717) is 31.2 Å².